The lowest BCUT2D eigenvalue weighted by molar-refractivity contribution is 1.10. The molecule has 4 rings (SSSR count). The van der Waals surface area contributed by atoms with Gasteiger partial charge in [-0.05, 0) is 36.7 Å². The Bertz CT molecular complexity index is 909. The topological polar surface area (TPSA) is 79.4 Å². The number of aromatic amines is 1. The third-order valence-electron chi connectivity index (χ3n) is 3.08. The summed E-state index contributed by atoms with van der Waals surface area (Å²) in [6.45, 7) is 1.97. The zero-order valence-electron chi connectivity index (χ0n) is 10.6. The van der Waals surface area contributed by atoms with E-state index < -0.39 is 0 Å². The van der Waals surface area contributed by atoms with Crippen molar-refractivity contribution in [2.45, 2.75) is 6.92 Å². The molecule has 0 saturated heterocycles. The predicted octanol–water partition coefficient (Wildman–Crippen LogP) is 3.01. The minimum absolute atomic E-state index is 0.692. The van der Waals surface area contributed by atoms with Gasteiger partial charge in [-0.3, -0.25) is 10.1 Å². The highest BCUT2D eigenvalue weighted by Crippen LogP contribution is 2.26. The predicted molar refractivity (Wildman–Crippen MR) is 79.3 cm³/mol. The average molecular weight is 282 g/mol. The molecule has 0 amide bonds. The van der Waals surface area contributed by atoms with E-state index in [2.05, 4.69) is 29.9 Å². The number of aryl methyl sites for hydroxylation is 1. The summed E-state index contributed by atoms with van der Waals surface area (Å²) in [5.74, 6) is 0.815. The molecule has 0 saturated carbocycles. The van der Waals surface area contributed by atoms with E-state index in [0.29, 0.717) is 5.65 Å². The lowest BCUT2D eigenvalue weighted by atomic mass is 10.3. The van der Waals surface area contributed by atoms with Crippen molar-refractivity contribution in [2.75, 3.05) is 5.32 Å². The van der Waals surface area contributed by atoms with Gasteiger partial charge < -0.3 is 5.32 Å². The standard InChI is InChI=1S/C13H10N6S/c1-7-11-10(20-19-7)5-8(6-15-11)16-13-9-3-2-4-14-12(9)17-18-13/h2-6H,1H3,(H2,14,16,17,18). The average Bonchev–Trinajstić information content (AvgIpc) is 3.04. The fraction of sp³-hybridized carbons (Fsp3) is 0.0769. The summed E-state index contributed by atoms with van der Waals surface area (Å²) in [5.41, 5.74) is 3.51. The first kappa shape index (κ1) is 11.3. The monoisotopic (exact) mass is 282 g/mol. The molecule has 0 aliphatic rings. The van der Waals surface area contributed by atoms with E-state index >= 15 is 0 Å². The third kappa shape index (κ3) is 1.71. The third-order valence-corrected chi connectivity index (χ3v) is 3.95. The van der Waals surface area contributed by atoms with E-state index in [1.807, 2.05) is 25.1 Å². The Kier molecular flexibility index (Phi) is 2.40. The van der Waals surface area contributed by atoms with E-state index in [9.17, 15) is 0 Å². The van der Waals surface area contributed by atoms with Crippen LogP contribution in [0, 0.1) is 6.92 Å². The molecule has 0 bridgehead atoms. The SMILES string of the molecule is Cc1nsc2cc(Nc3[nH]nc4ncccc34)cnc12. The van der Waals surface area contributed by atoms with Crippen molar-refractivity contribution < 1.29 is 0 Å². The second kappa shape index (κ2) is 4.24. The highest BCUT2D eigenvalue weighted by molar-refractivity contribution is 7.13. The normalized spacial score (nSPS) is 11.2. The maximum atomic E-state index is 4.44. The molecule has 0 atom stereocenters. The molecule has 0 aliphatic carbocycles. The van der Waals surface area contributed by atoms with Gasteiger partial charge >= 0.3 is 0 Å². The molecule has 0 aromatic carbocycles. The quantitative estimate of drug-likeness (QED) is 0.591. The summed E-state index contributed by atoms with van der Waals surface area (Å²) >= 11 is 1.45. The van der Waals surface area contributed by atoms with Crippen molar-refractivity contribution >= 4 is 44.3 Å². The van der Waals surface area contributed by atoms with Gasteiger partial charge in [-0.15, -0.1) is 0 Å². The van der Waals surface area contributed by atoms with E-state index in [0.717, 1.165) is 32.8 Å². The zero-order chi connectivity index (χ0) is 13.5. The van der Waals surface area contributed by atoms with Crippen LogP contribution in [0.3, 0.4) is 0 Å². The molecule has 4 heterocycles. The number of rotatable bonds is 2. The highest BCUT2D eigenvalue weighted by Gasteiger charge is 2.08. The van der Waals surface area contributed by atoms with Gasteiger partial charge in [0, 0.05) is 6.20 Å². The summed E-state index contributed by atoms with van der Waals surface area (Å²) in [6, 6.07) is 5.89. The van der Waals surface area contributed by atoms with Crippen LogP contribution in [0.1, 0.15) is 5.69 Å². The van der Waals surface area contributed by atoms with Crippen LogP contribution in [0.2, 0.25) is 0 Å². The van der Waals surface area contributed by atoms with E-state index in [1.54, 1.807) is 12.4 Å². The van der Waals surface area contributed by atoms with E-state index in [-0.39, 0.29) is 0 Å². The smallest absolute Gasteiger partial charge is 0.183 e. The molecule has 0 aliphatic heterocycles. The van der Waals surface area contributed by atoms with Gasteiger partial charge in [0.2, 0.25) is 0 Å². The van der Waals surface area contributed by atoms with Gasteiger partial charge in [-0.25, -0.2) is 4.98 Å². The highest BCUT2D eigenvalue weighted by atomic mass is 32.1. The van der Waals surface area contributed by atoms with Crippen molar-refractivity contribution in [3.63, 3.8) is 0 Å². The number of hydrogen-bond donors (Lipinski definition) is 2. The molecule has 7 heteroatoms. The van der Waals surface area contributed by atoms with E-state index in [1.165, 1.54) is 11.5 Å². The summed E-state index contributed by atoms with van der Waals surface area (Å²) < 4.78 is 5.37. The Morgan fingerprint density at radius 2 is 2.25 bits per heavy atom. The summed E-state index contributed by atoms with van der Waals surface area (Å²) in [5, 5.41) is 11.3. The molecule has 0 spiro atoms. The van der Waals surface area contributed by atoms with Crippen molar-refractivity contribution in [1.82, 2.24) is 24.5 Å². The van der Waals surface area contributed by atoms with Crippen LogP contribution in [0.4, 0.5) is 11.5 Å². The Labute approximate surface area is 118 Å². The number of anilines is 2. The Morgan fingerprint density at radius 1 is 1.30 bits per heavy atom. The Balaban J connectivity index is 1.76. The zero-order valence-corrected chi connectivity index (χ0v) is 11.4. The van der Waals surface area contributed by atoms with Gasteiger partial charge in [-0.1, -0.05) is 0 Å². The van der Waals surface area contributed by atoms with Crippen LogP contribution in [-0.2, 0) is 0 Å². The van der Waals surface area contributed by atoms with Crippen LogP contribution >= 0.6 is 11.5 Å². The molecule has 0 fully saturated rings. The number of H-pyrrole nitrogens is 1. The van der Waals surface area contributed by atoms with Crippen molar-refractivity contribution in [3.05, 3.63) is 36.3 Å². The number of nitrogens with zero attached hydrogens (tertiary/aromatic N) is 4. The maximum Gasteiger partial charge on any atom is 0.183 e. The summed E-state index contributed by atoms with van der Waals surface area (Å²) in [7, 11) is 0. The molecule has 0 unspecified atom stereocenters. The first-order valence-corrected chi connectivity index (χ1v) is 6.87. The first-order chi connectivity index (χ1) is 9.81. The molecular formula is C13H10N6S. The summed E-state index contributed by atoms with van der Waals surface area (Å²) in [4.78, 5) is 8.63. The molecule has 4 aromatic rings. The van der Waals surface area contributed by atoms with Crippen molar-refractivity contribution in [1.29, 1.82) is 0 Å². The minimum Gasteiger partial charge on any atom is -0.339 e. The Morgan fingerprint density at radius 3 is 3.20 bits per heavy atom. The molecule has 98 valence electrons. The number of aromatic nitrogens is 5. The molecule has 20 heavy (non-hydrogen) atoms. The minimum atomic E-state index is 0.692. The van der Waals surface area contributed by atoms with Gasteiger partial charge in [0.15, 0.2) is 5.65 Å². The van der Waals surface area contributed by atoms with Crippen LogP contribution in [0.5, 0.6) is 0 Å². The van der Waals surface area contributed by atoms with Gasteiger partial charge in [-0.2, -0.15) is 9.47 Å². The maximum absolute atomic E-state index is 4.44. The Hall–Kier alpha value is -2.54. The van der Waals surface area contributed by atoms with Gasteiger partial charge in [0.1, 0.15) is 11.3 Å². The van der Waals surface area contributed by atoms with Crippen molar-refractivity contribution in [3.8, 4) is 0 Å². The molecule has 6 nitrogen and oxygen atoms in total. The fourth-order valence-corrected chi connectivity index (χ4v) is 2.89. The second-order valence-electron chi connectivity index (χ2n) is 4.44. The van der Waals surface area contributed by atoms with Crippen LogP contribution in [0.25, 0.3) is 21.3 Å². The largest absolute Gasteiger partial charge is 0.339 e. The van der Waals surface area contributed by atoms with Crippen molar-refractivity contribution in [2.24, 2.45) is 0 Å². The fourth-order valence-electron chi connectivity index (χ4n) is 2.11. The van der Waals surface area contributed by atoms with Gasteiger partial charge in [0.05, 0.1) is 27.7 Å². The number of fused-ring (bicyclic) bond motifs is 2. The number of pyridine rings is 2. The van der Waals surface area contributed by atoms with Crippen LogP contribution in [-0.4, -0.2) is 24.5 Å². The number of nitrogens with one attached hydrogen (secondary N) is 2. The number of hydrogen-bond acceptors (Lipinski definition) is 6. The lowest BCUT2D eigenvalue weighted by Crippen LogP contribution is -1.92. The molecule has 4 aromatic heterocycles. The van der Waals surface area contributed by atoms with E-state index in [4.69, 9.17) is 0 Å². The van der Waals surface area contributed by atoms with Gasteiger partial charge in [0.25, 0.3) is 0 Å². The molecule has 2 N–H and O–H groups in total. The molecule has 0 radical (unpaired) electrons. The first-order valence-electron chi connectivity index (χ1n) is 6.09. The summed E-state index contributed by atoms with van der Waals surface area (Å²) in [6.07, 6.45) is 3.52. The lowest BCUT2D eigenvalue weighted by Gasteiger charge is -2.03. The molecular weight excluding hydrogens is 272 g/mol. The van der Waals surface area contributed by atoms with Crippen LogP contribution in [0.15, 0.2) is 30.6 Å². The van der Waals surface area contributed by atoms with Crippen LogP contribution < -0.4 is 5.32 Å². The second-order valence-corrected chi connectivity index (χ2v) is 5.24.